The Labute approximate surface area is 80.7 Å². The van der Waals surface area contributed by atoms with Crippen LogP contribution in [0.4, 0.5) is 15.9 Å². The lowest BCUT2D eigenvalue weighted by atomic mass is 10.3. The fraction of sp³-hybridized carbons (Fsp3) is 0.500. The van der Waals surface area contributed by atoms with Crippen LogP contribution in [0.15, 0.2) is 6.33 Å². The molecule has 0 amide bonds. The van der Waals surface area contributed by atoms with Gasteiger partial charge in [0.25, 0.3) is 0 Å². The first-order valence-corrected chi connectivity index (χ1v) is 4.45. The molecule has 1 fully saturated rings. The predicted molar refractivity (Wildman–Crippen MR) is 48.9 cm³/mol. The standard InChI is InChI=1S/C8H11FN4O/c9-7-6(10)8(12-5-11-7)13-3-1-2-4-14-13/h5H,1-4,10H2. The lowest BCUT2D eigenvalue weighted by Crippen LogP contribution is -2.31. The summed E-state index contributed by atoms with van der Waals surface area (Å²) >= 11 is 0. The van der Waals surface area contributed by atoms with E-state index < -0.39 is 5.95 Å². The number of anilines is 2. The quantitative estimate of drug-likeness (QED) is 0.674. The third kappa shape index (κ3) is 1.60. The number of rotatable bonds is 1. The van der Waals surface area contributed by atoms with E-state index in [9.17, 15) is 4.39 Å². The first kappa shape index (κ1) is 9.14. The summed E-state index contributed by atoms with van der Waals surface area (Å²) in [5.74, 6) is -0.388. The Bertz CT molecular complexity index is 327. The molecule has 0 saturated carbocycles. The maximum atomic E-state index is 13.0. The van der Waals surface area contributed by atoms with Crippen molar-refractivity contribution in [1.29, 1.82) is 0 Å². The zero-order valence-corrected chi connectivity index (χ0v) is 7.61. The number of halogens is 1. The lowest BCUT2D eigenvalue weighted by Gasteiger charge is -2.27. The van der Waals surface area contributed by atoms with Gasteiger partial charge in [0.05, 0.1) is 6.61 Å². The number of hydroxylamine groups is 1. The molecule has 2 N–H and O–H groups in total. The van der Waals surface area contributed by atoms with E-state index in [0.717, 1.165) is 19.2 Å². The SMILES string of the molecule is Nc1c(F)ncnc1N1CCCCO1. The second-order valence-corrected chi connectivity index (χ2v) is 3.04. The Morgan fingerprint density at radius 2 is 2.29 bits per heavy atom. The van der Waals surface area contributed by atoms with Crippen LogP contribution < -0.4 is 10.8 Å². The van der Waals surface area contributed by atoms with Crippen LogP contribution in [0.5, 0.6) is 0 Å². The van der Waals surface area contributed by atoms with Gasteiger partial charge < -0.3 is 5.73 Å². The highest BCUT2D eigenvalue weighted by molar-refractivity contribution is 5.60. The average molecular weight is 198 g/mol. The van der Waals surface area contributed by atoms with Crippen LogP contribution >= 0.6 is 0 Å². The summed E-state index contributed by atoms with van der Waals surface area (Å²) in [4.78, 5) is 12.5. The van der Waals surface area contributed by atoms with Crippen LogP contribution in [0, 0.1) is 5.95 Å². The molecule has 0 spiro atoms. The van der Waals surface area contributed by atoms with E-state index >= 15 is 0 Å². The van der Waals surface area contributed by atoms with Gasteiger partial charge in [-0.05, 0) is 12.8 Å². The molecule has 0 radical (unpaired) electrons. The summed E-state index contributed by atoms with van der Waals surface area (Å²) in [5, 5.41) is 1.52. The largest absolute Gasteiger partial charge is 0.392 e. The van der Waals surface area contributed by atoms with Crippen molar-refractivity contribution in [2.45, 2.75) is 12.8 Å². The van der Waals surface area contributed by atoms with E-state index in [1.54, 1.807) is 0 Å². The van der Waals surface area contributed by atoms with Crippen molar-refractivity contribution >= 4 is 11.5 Å². The molecular weight excluding hydrogens is 187 g/mol. The molecule has 0 unspecified atom stereocenters. The smallest absolute Gasteiger partial charge is 0.241 e. The van der Waals surface area contributed by atoms with Crippen molar-refractivity contribution in [3.63, 3.8) is 0 Å². The zero-order chi connectivity index (χ0) is 9.97. The molecule has 1 saturated heterocycles. The first-order valence-electron chi connectivity index (χ1n) is 4.45. The molecule has 2 rings (SSSR count). The van der Waals surface area contributed by atoms with Crippen molar-refractivity contribution in [3.8, 4) is 0 Å². The van der Waals surface area contributed by atoms with Gasteiger partial charge in [-0.25, -0.2) is 15.0 Å². The fourth-order valence-corrected chi connectivity index (χ4v) is 1.33. The third-order valence-corrected chi connectivity index (χ3v) is 2.05. The summed E-state index contributed by atoms with van der Waals surface area (Å²) in [7, 11) is 0. The number of nitrogens with two attached hydrogens (primary N) is 1. The van der Waals surface area contributed by atoms with Gasteiger partial charge in [0.15, 0.2) is 5.82 Å². The number of nitrogens with zero attached hydrogens (tertiary/aromatic N) is 3. The van der Waals surface area contributed by atoms with E-state index in [4.69, 9.17) is 10.6 Å². The molecular formula is C8H11FN4O. The minimum absolute atomic E-state index is 0.0607. The zero-order valence-electron chi connectivity index (χ0n) is 7.61. The number of nitrogen functional groups attached to an aromatic ring is 1. The van der Waals surface area contributed by atoms with Gasteiger partial charge in [-0.15, -0.1) is 0 Å². The molecule has 2 heterocycles. The predicted octanol–water partition coefficient (Wildman–Crippen LogP) is 0.730. The lowest BCUT2D eigenvalue weighted by molar-refractivity contribution is 0.0762. The van der Waals surface area contributed by atoms with Crippen LogP contribution in [0.2, 0.25) is 0 Å². The number of hydrogen-bond acceptors (Lipinski definition) is 5. The molecule has 6 heteroatoms. The Morgan fingerprint density at radius 3 is 3.00 bits per heavy atom. The molecule has 0 bridgehead atoms. The molecule has 1 aliphatic rings. The van der Waals surface area contributed by atoms with Crippen LogP contribution in [0.3, 0.4) is 0 Å². The summed E-state index contributed by atoms with van der Waals surface area (Å²) < 4.78 is 13.0. The van der Waals surface area contributed by atoms with E-state index in [0.29, 0.717) is 19.0 Å². The van der Waals surface area contributed by atoms with Gasteiger partial charge in [-0.1, -0.05) is 0 Å². The number of hydrogen-bond donors (Lipinski definition) is 1. The van der Waals surface area contributed by atoms with Gasteiger partial charge in [0.1, 0.15) is 12.0 Å². The normalized spacial score (nSPS) is 17.1. The first-order chi connectivity index (χ1) is 6.79. The van der Waals surface area contributed by atoms with E-state index in [2.05, 4.69) is 9.97 Å². The third-order valence-electron chi connectivity index (χ3n) is 2.05. The van der Waals surface area contributed by atoms with Crippen LogP contribution in [0.25, 0.3) is 0 Å². The van der Waals surface area contributed by atoms with Crippen LogP contribution in [-0.4, -0.2) is 23.1 Å². The maximum absolute atomic E-state index is 13.0. The highest BCUT2D eigenvalue weighted by Crippen LogP contribution is 2.23. The maximum Gasteiger partial charge on any atom is 0.241 e. The minimum Gasteiger partial charge on any atom is -0.392 e. The number of aromatic nitrogens is 2. The van der Waals surface area contributed by atoms with E-state index in [1.807, 2.05) is 0 Å². The summed E-state index contributed by atoms with van der Waals surface area (Å²) in [6.45, 7) is 1.30. The van der Waals surface area contributed by atoms with Gasteiger partial charge in [-0.3, -0.25) is 4.84 Å². The van der Waals surface area contributed by atoms with Crippen molar-refractivity contribution in [2.24, 2.45) is 0 Å². The monoisotopic (exact) mass is 198 g/mol. The van der Waals surface area contributed by atoms with Gasteiger partial charge in [0, 0.05) is 6.54 Å². The molecule has 14 heavy (non-hydrogen) atoms. The second-order valence-electron chi connectivity index (χ2n) is 3.04. The Balaban J connectivity index is 2.26. The van der Waals surface area contributed by atoms with Crippen molar-refractivity contribution in [1.82, 2.24) is 9.97 Å². The van der Waals surface area contributed by atoms with Crippen LogP contribution in [0.1, 0.15) is 12.8 Å². The summed E-state index contributed by atoms with van der Waals surface area (Å²) in [5.41, 5.74) is 5.43. The minimum atomic E-state index is -0.704. The molecule has 1 aromatic heterocycles. The highest BCUT2D eigenvalue weighted by atomic mass is 19.1. The van der Waals surface area contributed by atoms with E-state index in [1.165, 1.54) is 5.06 Å². The Hall–Kier alpha value is -1.43. The highest BCUT2D eigenvalue weighted by Gasteiger charge is 2.18. The van der Waals surface area contributed by atoms with Gasteiger partial charge in [0.2, 0.25) is 5.95 Å². The Morgan fingerprint density at radius 1 is 1.43 bits per heavy atom. The van der Waals surface area contributed by atoms with Crippen molar-refractivity contribution in [2.75, 3.05) is 23.9 Å². The topological polar surface area (TPSA) is 64.3 Å². The second kappa shape index (κ2) is 3.75. The van der Waals surface area contributed by atoms with Crippen LogP contribution in [-0.2, 0) is 4.84 Å². The molecule has 0 aliphatic carbocycles. The fourth-order valence-electron chi connectivity index (χ4n) is 1.33. The van der Waals surface area contributed by atoms with E-state index in [-0.39, 0.29) is 5.69 Å². The van der Waals surface area contributed by atoms with Crippen molar-refractivity contribution in [3.05, 3.63) is 12.3 Å². The molecule has 0 atom stereocenters. The van der Waals surface area contributed by atoms with Crippen molar-refractivity contribution < 1.29 is 9.23 Å². The van der Waals surface area contributed by atoms with Gasteiger partial charge in [-0.2, -0.15) is 4.39 Å². The summed E-state index contributed by atoms with van der Waals surface area (Å²) in [6.07, 6.45) is 3.13. The molecule has 1 aromatic rings. The molecule has 1 aliphatic heterocycles. The summed E-state index contributed by atoms with van der Waals surface area (Å²) in [6, 6.07) is 0. The Kier molecular flexibility index (Phi) is 2.45. The average Bonchev–Trinajstić information content (AvgIpc) is 2.23. The molecule has 0 aromatic carbocycles. The molecule has 76 valence electrons. The molecule has 5 nitrogen and oxygen atoms in total. The van der Waals surface area contributed by atoms with Gasteiger partial charge >= 0.3 is 0 Å².